The van der Waals surface area contributed by atoms with Gasteiger partial charge >= 0.3 is 0 Å². The lowest BCUT2D eigenvalue weighted by atomic mass is 10.1. The molecule has 0 saturated heterocycles. The molecule has 15 heavy (non-hydrogen) atoms. The Hall–Kier alpha value is -1.16. The van der Waals surface area contributed by atoms with E-state index in [1.54, 1.807) is 0 Å². The predicted octanol–water partition coefficient (Wildman–Crippen LogP) is 2.68. The summed E-state index contributed by atoms with van der Waals surface area (Å²) in [6.07, 6.45) is -2.74. The first-order chi connectivity index (χ1) is 7.04. The van der Waals surface area contributed by atoms with Crippen molar-refractivity contribution in [1.82, 2.24) is 0 Å². The number of carbonyl (C=O) groups is 1. The van der Waals surface area contributed by atoms with Crippen LogP contribution in [-0.4, -0.2) is 16.8 Å². The summed E-state index contributed by atoms with van der Waals surface area (Å²) in [4.78, 5) is 11.0. The Balaban J connectivity index is 2.95. The highest BCUT2D eigenvalue weighted by atomic mass is 35.5. The summed E-state index contributed by atoms with van der Waals surface area (Å²) in [5, 5.41) is 9.32. The summed E-state index contributed by atoms with van der Waals surface area (Å²) in [5.74, 6) is -0.686. The summed E-state index contributed by atoms with van der Waals surface area (Å²) >= 11 is 5.28. The van der Waals surface area contributed by atoms with Gasteiger partial charge in [0.25, 0.3) is 6.43 Å². The van der Waals surface area contributed by atoms with Crippen molar-refractivity contribution in [2.24, 2.45) is 0 Å². The van der Waals surface area contributed by atoms with E-state index in [4.69, 9.17) is 11.6 Å². The normalized spacial score (nSPS) is 10.7. The SMILES string of the molecule is O=C(CCl)Cc1cc(C(F)F)ccc1O. The van der Waals surface area contributed by atoms with Crippen molar-refractivity contribution in [3.8, 4) is 5.75 Å². The maximum absolute atomic E-state index is 12.3. The van der Waals surface area contributed by atoms with Crippen LogP contribution in [0.1, 0.15) is 17.6 Å². The molecule has 0 aliphatic rings. The zero-order chi connectivity index (χ0) is 11.4. The molecule has 5 heteroatoms. The van der Waals surface area contributed by atoms with Gasteiger partial charge in [-0.05, 0) is 18.2 Å². The van der Waals surface area contributed by atoms with Crippen molar-refractivity contribution in [3.63, 3.8) is 0 Å². The van der Waals surface area contributed by atoms with E-state index in [1.165, 1.54) is 0 Å². The van der Waals surface area contributed by atoms with Crippen LogP contribution in [0.25, 0.3) is 0 Å². The number of aromatic hydroxyl groups is 1. The number of phenolic OH excluding ortho intramolecular Hbond substituents is 1. The van der Waals surface area contributed by atoms with Gasteiger partial charge in [-0.1, -0.05) is 0 Å². The molecule has 0 heterocycles. The molecule has 2 nitrogen and oxygen atoms in total. The number of carbonyl (C=O) groups excluding carboxylic acids is 1. The molecule has 0 aliphatic carbocycles. The lowest BCUT2D eigenvalue weighted by Crippen LogP contribution is -2.04. The maximum Gasteiger partial charge on any atom is 0.263 e. The Kier molecular flexibility index (Phi) is 4.03. The van der Waals surface area contributed by atoms with Gasteiger partial charge in [0.1, 0.15) is 5.75 Å². The number of benzene rings is 1. The number of ketones is 1. The van der Waals surface area contributed by atoms with Crippen LogP contribution in [0.5, 0.6) is 5.75 Å². The van der Waals surface area contributed by atoms with E-state index < -0.39 is 6.43 Å². The Morgan fingerprint density at radius 1 is 1.47 bits per heavy atom. The first-order valence-electron chi connectivity index (χ1n) is 4.22. The fourth-order valence-electron chi connectivity index (χ4n) is 1.14. The maximum atomic E-state index is 12.3. The molecular weight excluding hydrogens is 226 g/mol. The van der Waals surface area contributed by atoms with Gasteiger partial charge in [-0.2, -0.15) is 0 Å². The Morgan fingerprint density at radius 3 is 2.67 bits per heavy atom. The van der Waals surface area contributed by atoms with Crippen molar-refractivity contribution in [3.05, 3.63) is 29.3 Å². The number of alkyl halides is 3. The zero-order valence-corrected chi connectivity index (χ0v) is 8.47. The molecule has 0 amide bonds. The first-order valence-corrected chi connectivity index (χ1v) is 4.75. The Morgan fingerprint density at radius 2 is 2.13 bits per heavy atom. The third kappa shape index (κ3) is 3.16. The van der Waals surface area contributed by atoms with Crippen LogP contribution in [0.4, 0.5) is 8.78 Å². The number of rotatable bonds is 4. The first kappa shape index (κ1) is 11.9. The predicted molar refractivity (Wildman–Crippen MR) is 52.5 cm³/mol. The lowest BCUT2D eigenvalue weighted by molar-refractivity contribution is -0.116. The Labute approximate surface area is 90.5 Å². The molecule has 1 rings (SSSR count). The average Bonchev–Trinajstić information content (AvgIpc) is 2.20. The second kappa shape index (κ2) is 5.07. The van der Waals surface area contributed by atoms with Crippen LogP contribution in [0.15, 0.2) is 18.2 Å². The molecule has 82 valence electrons. The zero-order valence-electron chi connectivity index (χ0n) is 7.71. The average molecular weight is 235 g/mol. The van der Waals surface area contributed by atoms with Gasteiger partial charge in [0.05, 0.1) is 5.88 Å². The molecule has 0 bridgehead atoms. The summed E-state index contributed by atoms with van der Waals surface area (Å²) in [5.41, 5.74) is -0.0383. The van der Waals surface area contributed by atoms with Gasteiger partial charge in [-0.3, -0.25) is 4.79 Å². The van der Waals surface area contributed by atoms with E-state index in [-0.39, 0.29) is 35.0 Å². The Bertz CT molecular complexity index is 366. The minimum absolute atomic E-state index is 0.129. The van der Waals surface area contributed by atoms with E-state index in [1.807, 2.05) is 0 Å². The van der Waals surface area contributed by atoms with Crippen molar-refractivity contribution < 1.29 is 18.7 Å². The molecule has 0 radical (unpaired) electrons. The molecule has 0 saturated carbocycles. The second-order valence-corrected chi connectivity index (χ2v) is 3.31. The number of hydrogen-bond acceptors (Lipinski definition) is 2. The van der Waals surface area contributed by atoms with E-state index in [0.29, 0.717) is 0 Å². The van der Waals surface area contributed by atoms with Gasteiger partial charge in [-0.25, -0.2) is 8.78 Å². The number of halogens is 3. The summed E-state index contributed by atoms with van der Waals surface area (Å²) < 4.78 is 24.6. The summed E-state index contributed by atoms with van der Waals surface area (Å²) in [6, 6.07) is 3.39. The van der Waals surface area contributed by atoms with Crippen LogP contribution >= 0.6 is 11.6 Å². The third-order valence-electron chi connectivity index (χ3n) is 1.89. The minimum atomic E-state index is -2.62. The highest BCUT2D eigenvalue weighted by Crippen LogP contribution is 2.25. The van der Waals surface area contributed by atoms with Gasteiger partial charge in [0.15, 0.2) is 5.78 Å². The molecule has 0 atom stereocenters. The lowest BCUT2D eigenvalue weighted by Gasteiger charge is -2.05. The van der Waals surface area contributed by atoms with Gasteiger partial charge in [-0.15, -0.1) is 11.6 Å². The van der Waals surface area contributed by atoms with E-state index in [0.717, 1.165) is 18.2 Å². The van der Waals surface area contributed by atoms with Gasteiger partial charge in [0.2, 0.25) is 0 Å². The smallest absolute Gasteiger partial charge is 0.263 e. The second-order valence-electron chi connectivity index (χ2n) is 3.04. The standard InChI is InChI=1S/C10H9ClF2O2/c11-5-8(14)4-7-3-6(10(12)13)1-2-9(7)15/h1-3,10,15H,4-5H2. The molecule has 1 N–H and O–H groups in total. The molecular formula is C10H9ClF2O2. The van der Waals surface area contributed by atoms with Gasteiger partial charge < -0.3 is 5.11 Å². The highest BCUT2D eigenvalue weighted by Gasteiger charge is 2.12. The topological polar surface area (TPSA) is 37.3 Å². The summed E-state index contributed by atoms with van der Waals surface area (Å²) in [7, 11) is 0. The molecule has 1 aromatic rings. The van der Waals surface area contributed by atoms with Crippen LogP contribution < -0.4 is 0 Å². The largest absolute Gasteiger partial charge is 0.508 e. The van der Waals surface area contributed by atoms with Crippen LogP contribution in [-0.2, 0) is 11.2 Å². The number of Topliss-reactive ketones (excluding diaryl/α,β-unsaturated/α-hetero) is 1. The van der Waals surface area contributed by atoms with Crippen LogP contribution in [0.3, 0.4) is 0 Å². The van der Waals surface area contributed by atoms with Gasteiger partial charge in [0, 0.05) is 17.5 Å². The molecule has 0 spiro atoms. The fourth-order valence-corrected chi connectivity index (χ4v) is 1.24. The quantitative estimate of drug-likeness (QED) is 0.814. The molecule has 1 aromatic carbocycles. The van der Waals surface area contributed by atoms with Crippen LogP contribution in [0.2, 0.25) is 0 Å². The van der Waals surface area contributed by atoms with E-state index in [9.17, 15) is 18.7 Å². The third-order valence-corrected chi connectivity index (χ3v) is 2.19. The summed E-state index contributed by atoms with van der Waals surface area (Å²) in [6.45, 7) is 0. The van der Waals surface area contributed by atoms with E-state index in [2.05, 4.69) is 0 Å². The van der Waals surface area contributed by atoms with Crippen molar-refractivity contribution >= 4 is 17.4 Å². The molecule has 0 aromatic heterocycles. The van der Waals surface area contributed by atoms with Crippen LogP contribution in [0, 0.1) is 0 Å². The van der Waals surface area contributed by atoms with E-state index >= 15 is 0 Å². The monoisotopic (exact) mass is 234 g/mol. The molecule has 0 unspecified atom stereocenters. The number of phenols is 1. The van der Waals surface area contributed by atoms with Crippen molar-refractivity contribution in [1.29, 1.82) is 0 Å². The highest BCUT2D eigenvalue weighted by molar-refractivity contribution is 6.27. The molecule has 0 fully saturated rings. The van der Waals surface area contributed by atoms with Crippen molar-refractivity contribution in [2.75, 3.05) is 5.88 Å². The fraction of sp³-hybridized carbons (Fsp3) is 0.300. The van der Waals surface area contributed by atoms with Crippen molar-refractivity contribution in [2.45, 2.75) is 12.8 Å². The molecule has 0 aliphatic heterocycles. The minimum Gasteiger partial charge on any atom is -0.508 e. The number of hydrogen-bond donors (Lipinski definition) is 1.